The zero-order valence-electron chi connectivity index (χ0n) is 20.3. The van der Waals surface area contributed by atoms with Crippen molar-refractivity contribution in [1.82, 2.24) is 0 Å². The van der Waals surface area contributed by atoms with E-state index < -0.39 is 23.5 Å². The molecule has 3 aromatic carbocycles. The number of methoxy groups -OCH3 is 2. The number of anilines is 1. The maximum atomic E-state index is 13.4. The van der Waals surface area contributed by atoms with Crippen molar-refractivity contribution in [2.75, 3.05) is 25.7 Å². The molecule has 1 unspecified atom stereocenters. The van der Waals surface area contributed by atoms with Gasteiger partial charge in [-0.3, -0.25) is 14.5 Å². The summed E-state index contributed by atoms with van der Waals surface area (Å²) in [5.41, 5.74) is 1.88. The lowest BCUT2D eigenvalue weighted by molar-refractivity contribution is -0.117. The molecule has 0 spiro atoms. The Kier molecular flexibility index (Phi) is 7.39. The summed E-state index contributed by atoms with van der Waals surface area (Å²) >= 11 is 0. The Hall–Kier alpha value is -4.52. The molecule has 1 heterocycles. The number of carbonyl (C=O) groups is 2. The molecular weight excluding hydrogens is 458 g/mol. The molecule has 0 aromatic heterocycles. The number of amides is 1. The van der Waals surface area contributed by atoms with Gasteiger partial charge < -0.3 is 19.3 Å². The van der Waals surface area contributed by atoms with E-state index in [0.717, 1.165) is 5.56 Å². The molecule has 3 aromatic rings. The first kappa shape index (κ1) is 24.6. The summed E-state index contributed by atoms with van der Waals surface area (Å²) in [6.45, 7) is 2.39. The molecule has 1 N–H and O–H groups in total. The molecule has 0 bridgehead atoms. The third-order valence-corrected chi connectivity index (χ3v) is 5.85. The number of hydrogen-bond acceptors (Lipinski definition) is 6. The Morgan fingerprint density at radius 1 is 0.972 bits per heavy atom. The van der Waals surface area contributed by atoms with Crippen molar-refractivity contribution in [3.05, 3.63) is 101 Å². The second-order valence-corrected chi connectivity index (χ2v) is 7.99. The molecule has 0 saturated carbocycles. The number of benzene rings is 3. The first-order chi connectivity index (χ1) is 17.5. The van der Waals surface area contributed by atoms with Crippen LogP contribution in [0.1, 0.15) is 24.1 Å². The van der Waals surface area contributed by atoms with E-state index in [4.69, 9.17) is 14.2 Å². The minimum Gasteiger partial charge on any atom is -0.503 e. The van der Waals surface area contributed by atoms with Gasteiger partial charge in [0.05, 0.1) is 32.4 Å². The van der Waals surface area contributed by atoms with Crippen LogP contribution in [0.4, 0.5) is 5.69 Å². The average Bonchev–Trinajstić information content (AvgIpc) is 3.18. The van der Waals surface area contributed by atoms with Crippen LogP contribution in [0.15, 0.2) is 90.2 Å². The molecule has 4 rings (SSSR count). The van der Waals surface area contributed by atoms with E-state index in [-0.39, 0.29) is 5.57 Å². The first-order valence-corrected chi connectivity index (χ1v) is 11.5. The van der Waals surface area contributed by atoms with E-state index in [1.165, 1.54) is 25.2 Å². The number of nitrogens with zero attached hydrogens (tertiary/aromatic N) is 1. The Morgan fingerprint density at radius 3 is 2.31 bits per heavy atom. The number of ether oxygens (including phenoxy) is 3. The van der Waals surface area contributed by atoms with E-state index in [1.807, 2.05) is 37.3 Å². The summed E-state index contributed by atoms with van der Waals surface area (Å²) in [5, 5.41) is 10.9. The number of aliphatic hydroxyl groups is 1. The second kappa shape index (κ2) is 10.8. The highest BCUT2D eigenvalue weighted by Gasteiger charge is 2.44. The average molecular weight is 486 g/mol. The zero-order valence-corrected chi connectivity index (χ0v) is 20.3. The van der Waals surface area contributed by atoms with E-state index in [0.29, 0.717) is 35.1 Å². The van der Waals surface area contributed by atoms with E-state index in [2.05, 4.69) is 0 Å². The maximum Gasteiger partial charge on any atom is 0.294 e. The van der Waals surface area contributed by atoms with Crippen molar-refractivity contribution in [2.45, 2.75) is 13.0 Å². The van der Waals surface area contributed by atoms with Crippen LogP contribution in [0.2, 0.25) is 0 Å². The first-order valence-electron chi connectivity index (χ1n) is 11.5. The van der Waals surface area contributed by atoms with Gasteiger partial charge in [-0.1, -0.05) is 42.5 Å². The fraction of sp³-hybridized carbons (Fsp3) is 0.172. The van der Waals surface area contributed by atoms with Crippen LogP contribution in [0, 0.1) is 0 Å². The van der Waals surface area contributed by atoms with Gasteiger partial charge in [-0.25, -0.2) is 0 Å². The van der Waals surface area contributed by atoms with Crippen molar-refractivity contribution < 1.29 is 28.9 Å². The third kappa shape index (κ3) is 4.81. The Balaban J connectivity index is 1.80. The SMILES string of the molecule is CCOc1ccc(N2C(=O)C(O)=C(C(=O)/C=C/c3ccccc3)C2c2ccc(OC)c(OC)c2)cc1. The lowest BCUT2D eigenvalue weighted by Crippen LogP contribution is -2.30. The number of allylic oxidation sites excluding steroid dienone is 1. The second-order valence-electron chi connectivity index (χ2n) is 7.99. The monoisotopic (exact) mass is 485 g/mol. The van der Waals surface area contributed by atoms with Gasteiger partial charge in [-0.15, -0.1) is 0 Å². The predicted octanol–water partition coefficient (Wildman–Crippen LogP) is 5.29. The van der Waals surface area contributed by atoms with Crippen LogP contribution in [0.25, 0.3) is 6.08 Å². The van der Waals surface area contributed by atoms with Crippen LogP contribution in [0.5, 0.6) is 17.2 Å². The highest BCUT2D eigenvalue weighted by Crippen LogP contribution is 2.43. The van der Waals surface area contributed by atoms with Crippen molar-refractivity contribution in [2.24, 2.45) is 0 Å². The molecule has 0 aliphatic carbocycles. The quantitative estimate of drug-likeness (QED) is 0.415. The van der Waals surface area contributed by atoms with Crippen molar-refractivity contribution in [3.63, 3.8) is 0 Å². The highest BCUT2D eigenvalue weighted by molar-refractivity contribution is 6.19. The van der Waals surface area contributed by atoms with Gasteiger partial charge in [0.25, 0.3) is 5.91 Å². The smallest absolute Gasteiger partial charge is 0.294 e. The van der Waals surface area contributed by atoms with Crippen molar-refractivity contribution in [3.8, 4) is 17.2 Å². The Labute approximate surface area is 209 Å². The van der Waals surface area contributed by atoms with Crippen LogP contribution in [-0.2, 0) is 9.59 Å². The van der Waals surface area contributed by atoms with Crippen LogP contribution in [0.3, 0.4) is 0 Å². The summed E-state index contributed by atoms with van der Waals surface area (Å²) in [4.78, 5) is 28.1. The summed E-state index contributed by atoms with van der Waals surface area (Å²) in [5.74, 6) is -0.148. The Bertz CT molecular complexity index is 1310. The largest absolute Gasteiger partial charge is 0.503 e. The van der Waals surface area contributed by atoms with Crippen molar-refractivity contribution >= 4 is 23.5 Å². The Morgan fingerprint density at radius 2 is 1.67 bits per heavy atom. The summed E-state index contributed by atoms with van der Waals surface area (Å²) in [7, 11) is 3.03. The number of rotatable bonds is 9. The molecule has 0 radical (unpaired) electrons. The fourth-order valence-corrected chi connectivity index (χ4v) is 4.16. The van der Waals surface area contributed by atoms with Crippen LogP contribution >= 0.6 is 0 Å². The number of hydrogen-bond donors (Lipinski definition) is 1. The van der Waals surface area contributed by atoms with E-state index >= 15 is 0 Å². The topological polar surface area (TPSA) is 85.3 Å². The third-order valence-electron chi connectivity index (χ3n) is 5.85. The minimum atomic E-state index is -0.886. The maximum absolute atomic E-state index is 13.4. The van der Waals surface area contributed by atoms with Gasteiger partial charge in [0.1, 0.15) is 5.75 Å². The van der Waals surface area contributed by atoms with Gasteiger partial charge in [0, 0.05) is 5.69 Å². The standard InChI is InChI=1S/C29H27NO6/c1-4-36-22-14-12-21(13-15-22)30-27(20-11-17-24(34-2)25(18-20)35-3)26(28(32)29(30)33)23(31)16-10-19-8-6-5-7-9-19/h5-18,27,32H,4H2,1-3H3/b16-10+. The molecule has 1 atom stereocenters. The van der Waals surface area contributed by atoms with Gasteiger partial charge in [0.2, 0.25) is 0 Å². The van der Waals surface area contributed by atoms with Gasteiger partial charge in [-0.2, -0.15) is 0 Å². The van der Waals surface area contributed by atoms with Crippen LogP contribution < -0.4 is 19.1 Å². The molecule has 184 valence electrons. The summed E-state index contributed by atoms with van der Waals surface area (Å²) < 4.78 is 16.3. The molecule has 1 aliphatic heterocycles. The van der Waals surface area contributed by atoms with Gasteiger partial charge >= 0.3 is 0 Å². The molecular formula is C29H27NO6. The number of aliphatic hydroxyl groups excluding tert-OH is 1. The fourth-order valence-electron chi connectivity index (χ4n) is 4.16. The lowest BCUT2D eigenvalue weighted by Gasteiger charge is -2.27. The normalized spacial score (nSPS) is 15.5. The molecule has 0 fully saturated rings. The molecule has 7 nitrogen and oxygen atoms in total. The molecule has 0 saturated heterocycles. The molecule has 1 aliphatic rings. The van der Waals surface area contributed by atoms with E-state index in [9.17, 15) is 14.7 Å². The van der Waals surface area contributed by atoms with E-state index in [1.54, 1.807) is 48.5 Å². The van der Waals surface area contributed by atoms with Gasteiger partial charge in [-0.05, 0) is 60.5 Å². The molecule has 1 amide bonds. The van der Waals surface area contributed by atoms with Crippen LogP contribution in [-0.4, -0.2) is 37.6 Å². The number of ketones is 1. The lowest BCUT2D eigenvalue weighted by atomic mass is 9.95. The minimum absolute atomic E-state index is 0.0201. The summed E-state index contributed by atoms with van der Waals surface area (Å²) in [6.07, 6.45) is 3.02. The predicted molar refractivity (Wildman–Crippen MR) is 138 cm³/mol. The van der Waals surface area contributed by atoms with Crippen molar-refractivity contribution in [1.29, 1.82) is 0 Å². The number of carbonyl (C=O) groups excluding carboxylic acids is 2. The molecule has 7 heteroatoms. The van der Waals surface area contributed by atoms with Gasteiger partial charge in [0.15, 0.2) is 23.0 Å². The molecule has 36 heavy (non-hydrogen) atoms. The zero-order chi connectivity index (χ0) is 25.7. The highest BCUT2D eigenvalue weighted by atomic mass is 16.5. The summed E-state index contributed by atoms with van der Waals surface area (Å²) in [6, 6.07) is 20.5.